The predicted molar refractivity (Wildman–Crippen MR) is 96.5 cm³/mol. The van der Waals surface area contributed by atoms with Crippen LogP contribution in [0.15, 0.2) is 18.2 Å². The Morgan fingerprint density at radius 2 is 1.83 bits per heavy atom. The number of phenols is 1. The molecule has 0 heterocycles. The number of hydrogen-bond acceptors (Lipinski definition) is 4. The Balaban J connectivity index is 2.39. The van der Waals surface area contributed by atoms with Crippen molar-refractivity contribution in [1.29, 1.82) is 0 Å². The molecule has 0 spiro atoms. The number of ether oxygens (including phenoxy) is 1. The second-order valence-corrected chi connectivity index (χ2v) is 7.17. The van der Waals surface area contributed by atoms with Crippen LogP contribution in [-0.2, 0) is 11.2 Å². The van der Waals surface area contributed by atoms with E-state index in [0.717, 1.165) is 24.3 Å². The third-order valence-corrected chi connectivity index (χ3v) is 4.41. The topological polar surface area (TPSA) is 66.8 Å². The number of aliphatic hydroxyl groups excluding tert-OH is 1. The first-order valence-electron chi connectivity index (χ1n) is 8.90. The van der Waals surface area contributed by atoms with E-state index < -0.39 is 6.10 Å². The summed E-state index contributed by atoms with van der Waals surface area (Å²) in [5, 5.41) is 19.7. The Kier molecular flexibility index (Phi) is 8.83. The van der Waals surface area contributed by atoms with E-state index in [0.29, 0.717) is 18.1 Å². The molecule has 2 atom stereocenters. The van der Waals surface area contributed by atoms with Crippen molar-refractivity contribution in [1.82, 2.24) is 0 Å². The molecular formula is C20H32O4. The first kappa shape index (κ1) is 20.5. The number of aliphatic hydroxyl groups is 1. The molecule has 136 valence electrons. The van der Waals surface area contributed by atoms with Gasteiger partial charge in [-0.3, -0.25) is 4.79 Å². The molecule has 4 nitrogen and oxygen atoms in total. The zero-order valence-corrected chi connectivity index (χ0v) is 15.4. The maximum Gasteiger partial charge on any atom is 0.165 e. The van der Waals surface area contributed by atoms with Gasteiger partial charge in [0.1, 0.15) is 6.10 Å². The van der Waals surface area contributed by atoms with Gasteiger partial charge in [-0.05, 0) is 42.4 Å². The van der Waals surface area contributed by atoms with Gasteiger partial charge in [0.15, 0.2) is 17.3 Å². The summed E-state index contributed by atoms with van der Waals surface area (Å²) in [6.07, 6.45) is 4.19. The van der Waals surface area contributed by atoms with Crippen molar-refractivity contribution in [2.45, 2.75) is 65.4 Å². The van der Waals surface area contributed by atoms with Crippen molar-refractivity contribution in [3.05, 3.63) is 23.8 Å². The van der Waals surface area contributed by atoms with E-state index in [1.54, 1.807) is 12.1 Å². The van der Waals surface area contributed by atoms with E-state index in [1.807, 2.05) is 0 Å². The van der Waals surface area contributed by atoms with Gasteiger partial charge in [0.05, 0.1) is 7.11 Å². The summed E-state index contributed by atoms with van der Waals surface area (Å²) in [6, 6.07) is 4.82. The molecule has 2 N–H and O–H groups in total. The van der Waals surface area contributed by atoms with Crippen LogP contribution in [0.4, 0.5) is 0 Å². The number of methoxy groups -OCH3 is 1. The largest absolute Gasteiger partial charge is 0.504 e. The van der Waals surface area contributed by atoms with Gasteiger partial charge in [0.25, 0.3) is 0 Å². The molecule has 24 heavy (non-hydrogen) atoms. The van der Waals surface area contributed by atoms with Crippen LogP contribution in [0.5, 0.6) is 11.5 Å². The molecule has 0 saturated carbocycles. The highest BCUT2D eigenvalue weighted by Gasteiger charge is 2.17. The number of carbonyl (C=O) groups is 1. The summed E-state index contributed by atoms with van der Waals surface area (Å²) in [7, 11) is 1.47. The van der Waals surface area contributed by atoms with E-state index >= 15 is 0 Å². The molecule has 1 aromatic carbocycles. The lowest BCUT2D eigenvalue weighted by Crippen LogP contribution is -2.23. The molecule has 0 saturated heterocycles. The average molecular weight is 336 g/mol. The lowest BCUT2D eigenvalue weighted by Gasteiger charge is -2.15. The summed E-state index contributed by atoms with van der Waals surface area (Å²) < 4.78 is 5.04. The van der Waals surface area contributed by atoms with Gasteiger partial charge in [-0.25, -0.2) is 0 Å². The molecular weight excluding hydrogens is 304 g/mol. The van der Waals surface area contributed by atoms with Crippen LogP contribution in [0.25, 0.3) is 0 Å². The molecule has 0 fully saturated rings. The van der Waals surface area contributed by atoms with E-state index in [1.165, 1.54) is 26.0 Å². The van der Waals surface area contributed by atoms with Crippen LogP contribution in [0.1, 0.15) is 58.4 Å². The van der Waals surface area contributed by atoms with Crippen molar-refractivity contribution >= 4 is 5.78 Å². The molecule has 1 aromatic rings. The van der Waals surface area contributed by atoms with Crippen LogP contribution < -0.4 is 4.74 Å². The van der Waals surface area contributed by atoms with Crippen molar-refractivity contribution in [3.63, 3.8) is 0 Å². The maximum absolute atomic E-state index is 12.2. The summed E-state index contributed by atoms with van der Waals surface area (Å²) in [5.41, 5.74) is 0.735. The molecule has 0 bridgehead atoms. The van der Waals surface area contributed by atoms with Crippen LogP contribution in [0.2, 0.25) is 0 Å². The van der Waals surface area contributed by atoms with Crippen molar-refractivity contribution in [2.24, 2.45) is 11.8 Å². The number of aromatic hydroxyl groups is 1. The fraction of sp³-hybridized carbons (Fsp3) is 0.650. The minimum Gasteiger partial charge on any atom is -0.504 e. The lowest BCUT2D eigenvalue weighted by atomic mass is 9.93. The van der Waals surface area contributed by atoms with Crippen molar-refractivity contribution < 1.29 is 19.7 Å². The molecule has 0 aliphatic carbocycles. The summed E-state index contributed by atoms with van der Waals surface area (Å²) >= 11 is 0. The minimum absolute atomic E-state index is 0.0458. The number of Topliss-reactive ketones (excluding diaryl/α,β-unsaturated/α-hetero) is 1. The molecule has 0 amide bonds. The number of hydrogen-bond donors (Lipinski definition) is 2. The number of carbonyl (C=O) groups excluding carboxylic acids is 1. The Morgan fingerprint density at radius 3 is 2.46 bits per heavy atom. The third kappa shape index (κ3) is 7.35. The minimum atomic E-state index is -0.919. The van der Waals surface area contributed by atoms with Gasteiger partial charge in [0, 0.05) is 6.42 Å². The molecule has 1 rings (SSSR count). The highest BCUT2D eigenvalue weighted by atomic mass is 16.5. The zero-order valence-electron chi connectivity index (χ0n) is 15.4. The van der Waals surface area contributed by atoms with E-state index in [4.69, 9.17) is 4.74 Å². The van der Waals surface area contributed by atoms with E-state index in [2.05, 4.69) is 20.8 Å². The number of phenolic OH excluding ortho intramolecular Hbond substituents is 1. The van der Waals surface area contributed by atoms with Crippen LogP contribution >= 0.6 is 0 Å². The number of ketones is 1. The molecule has 0 aromatic heterocycles. The van der Waals surface area contributed by atoms with Crippen LogP contribution in [-0.4, -0.2) is 29.2 Å². The van der Waals surface area contributed by atoms with Gasteiger partial charge in [-0.2, -0.15) is 0 Å². The lowest BCUT2D eigenvalue weighted by molar-refractivity contribution is -0.126. The van der Waals surface area contributed by atoms with Gasteiger partial charge in [-0.15, -0.1) is 0 Å². The molecule has 4 heteroatoms. The Morgan fingerprint density at radius 1 is 1.12 bits per heavy atom. The standard InChI is InChI=1S/C20H32O4/c1-14(2)6-5-7-15(3)8-10-17(21)19(23)12-16-9-11-18(22)20(13-16)24-4/h9,11,13-15,17,21-22H,5-8,10,12H2,1-4H3/t15-,17?/m1/s1. The molecule has 0 aliphatic rings. The van der Waals surface area contributed by atoms with Crippen LogP contribution in [0, 0.1) is 11.8 Å². The molecule has 1 unspecified atom stereocenters. The quantitative estimate of drug-likeness (QED) is 0.638. The van der Waals surface area contributed by atoms with E-state index in [-0.39, 0.29) is 18.0 Å². The van der Waals surface area contributed by atoms with Gasteiger partial charge in [0.2, 0.25) is 0 Å². The number of rotatable bonds is 11. The smallest absolute Gasteiger partial charge is 0.165 e. The third-order valence-electron chi connectivity index (χ3n) is 4.41. The van der Waals surface area contributed by atoms with Crippen molar-refractivity contribution in [3.8, 4) is 11.5 Å². The highest BCUT2D eigenvalue weighted by Crippen LogP contribution is 2.26. The number of benzene rings is 1. The van der Waals surface area contributed by atoms with E-state index in [9.17, 15) is 15.0 Å². The Hall–Kier alpha value is -1.55. The summed E-state index contributed by atoms with van der Waals surface area (Å²) in [4.78, 5) is 12.2. The fourth-order valence-corrected chi connectivity index (χ4v) is 2.77. The predicted octanol–water partition coefficient (Wildman–Crippen LogP) is 4.12. The van der Waals surface area contributed by atoms with Gasteiger partial charge < -0.3 is 14.9 Å². The summed E-state index contributed by atoms with van der Waals surface area (Å²) in [6.45, 7) is 6.64. The van der Waals surface area contributed by atoms with Gasteiger partial charge >= 0.3 is 0 Å². The summed E-state index contributed by atoms with van der Waals surface area (Å²) in [5.74, 6) is 1.46. The normalized spacial score (nSPS) is 13.8. The maximum atomic E-state index is 12.2. The van der Waals surface area contributed by atoms with Crippen molar-refractivity contribution in [2.75, 3.05) is 7.11 Å². The van der Waals surface area contributed by atoms with Crippen LogP contribution in [0.3, 0.4) is 0 Å². The van der Waals surface area contributed by atoms with Gasteiger partial charge in [-0.1, -0.05) is 46.1 Å². The Labute approximate surface area is 145 Å². The molecule has 0 aliphatic heterocycles. The first-order chi connectivity index (χ1) is 11.3. The molecule has 0 radical (unpaired) electrons. The second-order valence-electron chi connectivity index (χ2n) is 7.17. The monoisotopic (exact) mass is 336 g/mol. The average Bonchev–Trinajstić information content (AvgIpc) is 2.53. The highest BCUT2D eigenvalue weighted by molar-refractivity contribution is 5.85. The first-order valence-corrected chi connectivity index (χ1v) is 8.90. The Bertz CT molecular complexity index is 510. The SMILES string of the molecule is COc1cc(CC(=O)C(O)CC[C@H](C)CCCC(C)C)ccc1O. The fourth-order valence-electron chi connectivity index (χ4n) is 2.77. The zero-order chi connectivity index (χ0) is 18.1. The second kappa shape index (κ2) is 10.3.